The van der Waals surface area contributed by atoms with Gasteiger partial charge in [0.05, 0.1) is 5.92 Å². The number of nitrogens with two attached hydrogens (primary N) is 1. The summed E-state index contributed by atoms with van der Waals surface area (Å²) < 4.78 is 0.875. The van der Waals surface area contributed by atoms with Gasteiger partial charge in [0.25, 0.3) is 0 Å². The molecule has 1 unspecified atom stereocenters. The summed E-state index contributed by atoms with van der Waals surface area (Å²) in [4.78, 5) is 23.6. The van der Waals surface area contributed by atoms with Gasteiger partial charge in [-0.15, -0.1) is 0 Å². The normalized spacial score (nSPS) is 11.9. The Balaban J connectivity index is 2.45. The fourth-order valence-electron chi connectivity index (χ4n) is 2.05. The van der Waals surface area contributed by atoms with Crippen LogP contribution in [0.4, 0.5) is 5.69 Å². The van der Waals surface area contributed by atoms with E-state index in [0.29, 0.717) is 16.7 Å². The van der Waals surface area contributed by atoms with Crippen molar-refractivity contribution < 1.29 is 14.7 Å². The smallest absolute Gasteiger partial charge is 0.310 e. The van der Waals surface area contributed by atoms with Crippen LogP contribution in [0.2, 0.25) is 0 Å². The maximum absolute atomic E-state index is 12.5. The van der Waals surface area contributed by atoms with Gasteiger partial charge in [0.1, 0.15) is 0 Å². The van der Waals surface area contributed by atoms with Gasteiger partial charge in [-0.3, -0.25) is 9.59 Å². The van der Waals surface area contributed by atoms with Crippen LogP contribution in [0.25, 0.3) is 0 Å². The molecule has 2 rings (SSSR count). The predicted octanol–water partition coefficient (Wildman–Crippen LogP) is 3.45. The van der Waals surface area contributed by atoms with Crippen molar-refractivity contribution in [1.82, 2.24) is 0 Å². The zero-order valence-corrected chi connectivity index (χ0v) is 12.9. The molecule has 5 heteroatoms. The second kappa shape index (κ2) is 6.10. The summed E-state index contributed by atoms with van der Waals surface area (Å²) in [6.07, 6.45) is 0. The molecule has 0 saturated carbocycles. The maximum Gasteiger partial charge on any atom is 0.310 e. The molecule has 0 aliphatic carbocycles. The molecular formula is C16H14BrNO3. The van der Waals surface area contributed by atoms with Crippen LogP contribution in [-0.2, 0) is 4.79 Å². The van der Waals surface area contributed by atoms with Gasteiger partial charge < -0.3 is 10.8 Å². The molecule has 0 radical (unpaired) electrons. The molecule has 0 spiro atoms. The first kappa shape index (κ1) is 15.3. The van der Waals surface area contributed by atoms with Crippen LogP contribution >= 0.6 is 15.9 Å². The number of rotatable bonds is 4. The van der Waals surface area contributed by atoms with E-state index in [1.807, 2.05) is 0 Å². The van der Waals surface area contributed by atoms with E-state index in [4.69, 9.17) is 10.8 Å². The molecule has 0 bridgehead atoms. The molecule has 0 aromatic heterocycles. The topological polar surface area (TPSA) is 80.4 Å². The number of carboxylic acids is 1. The van der Waals surface area contributed by atoms with Crippen molar-refractivity contribution in [2.75, 3.05) is 5.73 Å². The highest BCUT2D eigenvalue weighted by Crippen LogP contribution is 2.27. The second-order valence-corrected chi connectivity index (χ2v) is 5.62. The molecule has 2 aromatic carbocycles. The number of nitrogen functional groups attached to an aromatic ring is 1. The number of para-hydroxylation sites is 1. The van der Waals surface area contributed by atoms with Gasteiger partial charge in [-0.1, -0.05) is 28.1 Å². The molecule has 0 amide bonds. The largest absolute Gasteiger partial charge is 0.481 e. The van der Waals surface area contributed by atoms with Crippen molar-refractivity contribution >= 4 is 33.4 Å². The number of ketones is 1. The van der Waals surface area contributed by atoms with Crippen molar-refractivity contribution in [3.63, 3.8) is 0 Å². The van der Waals surface area contributed by atoms with Gasteiger partial charge in [0.2, 0.25) is 0 Å². The lowest BCUT2D eigenvalue weighted by molar-refractivity contribution is -0.138. The Bertz CT molecular complexity index is 695. The lowest BCUT2D eigenvalue weighted by atomic mass is 9.93. The third-order valence-corrected chi connectivity index (χ3v) is 3.86. The quantitative estimate of drug-likeness (QED) is 0.655. The van der Waals surface area contributed by atoms with Crippen molar-refractivity contribution in [3.8, 4) is 0 Å². The third-order valence-electron chi connectivity index (χ3n) is 3.33. The first-order valence-corrected chi connectivity index (χ1v) is 7.12. The molecule has 0 aliphatic rings. The Hall–Kier alpha value is -2.14. The van der Waals surface area contributed by atoms with Gasteiger partial charge in [0.15, 0.2) is 5.78 Å². The number of aliphatic carboxylic acids is 1. The van der Waals surface area contributed by atoms with Gasteiger partial charge in [-0.2, -0.15) is 0 Å². The molecule has 108 valence electrons. The number of carbonyl (C=O) groups is 2. The van der Waals surface area contributed by atoms with E-state index in [1.54, 1.807) is 49.4 Å². The number of anilines is 1. The molecule has 0 heterocycles. The van der Waals surface area contributed by atoms with Crippen LogP contribution in [0.1, 0.15) is 34.3 Å². The molecule has 3 N–H and O–H groups in total. The summed E-state index contributed by atoms with van der Waals surface area (Å²) in [6, 6.07) is 11.8. The lowest BCUT2D eigenvalue weighted by Gasteiger charge is -2.13. The van der Waals surface area contributed by atoms with Crippen LogP contribution in [-0.4, -0.2) is 16.9 Å². The summed E-state index contributed by atoms with van der Waals surface area (Å²) in [5.41, 5.74) is 7.50. The summed E-state index contributed by atoms with van der Waals surface area (Å²) in [5.74, 6) is -1.96. The van der Waals surface area contributed by atoms with Crippen molar-refractivity contribution in [1.29, 1.82) is 0 Å². The van der Waals surface area contributed by atoms with E-state index in [2.05, 4.69) is 15.9 Å². The van der Waals surface area contributed by atoms with Gasteiger partial charge in [-0.05, 0) is 42.8 Å². The molecular weight excluding hydrogens is 334 g/mol. The SMILES string of the molecule is CC(C(=O)O)c1cccc(C(=O)c2ccc(Br)cc2)c1N. The average molecular weight is 348 g/mol. The van der Waals surface area contributed by atoms with Gasteiger partial charge in [-0.25, -0.2) is 0 Å². The fourth-order valence-corrected chi connectivity index (χ4v) is 2.31. The number of halogens is 1. The Kier molecular flexibility index (Phi) is 4.43. The third kappa shape index (κ3) is 3.13. The molecule has 21 heavy (non-hydrogen) atoms. The first-order valence-electron chi connectivity index (χ1n) is 6.33. The highest BCUT2D eigenvalue weighted by molar-refractivity contribution is 9.10. The van der Waals surface area contributed by atoms with Crippen LogP contribution in [0.5, 0.6) is 0 Å². The maximum atomic E-state index is 12.5. The van der Waals surface area contributed by atoms with Crippen LogP contribution in [0.15, 0.2) is 46.9 Å². The van der Waals surface area contributed by atoms with E-state index in [0.717, 1.165) is 4.47 Å². The Morgan fingerprint density at radius 3 is 2.33 bits per heavy atom. The van der Waals surface area contributed by atoms with Crippen molar-refractivity contribution in [2.24, 2.45) is 0 Å². The van der Waals surface area contributed by atoms with Gasteiger partial charge >= 0.3 is 5.97 Å². The molecule has 0 fully saturated rings. The lowest BCUT2D eigenvalue weighted by Crippen LogP contribution is -2.13. The minimum atomic E-state index is -0.977. The fraction of sp³-hybridized carbons (Fsp3) is 0.125. The van der Waals surface area contributed by atoms with Crippen LogP contribution in [0.3, 0.4) is 0 Å². The van der Waals surface area contributed by atoms with E-state index < -0.39 is 11.9 Å². The Morgan fingerprint density at radius 1 is 1.14 bits per heavy atom. The minimum Gasteiger partial charge on any atom is -0.481 e. The van der Waals surface area contributed by atoms with Crippen molar-refractivity contribution in [3.05, 3.63) is 63.6 Å². The molecule has 4 nitrogen and oxygen atoms in total. The van der Waals surface area contributed by atoms with Crippen molar-refractivity contribution in [2.45, 2.75) is 12.8 Å². The zero-order chi connectivity index (χ0) is 15.6. The van der Waals surface area contributed by atoms with E-state index >= 15 is 0 Å². The summed E-state index contributed by atoms with van der Waals surface area (Å²) in [5, 5.41) is 9.09. The van der Waals surface area contributed by atoms with E-state index in [1.165, 1.54) is 0 Å². The van der Waals surface area contributed by atoms with Crippen LogP contribution in [0, 0.1) is 0 Å². The number of carbonyl (C=O) groups excluding carboxylic acids is 1. The highest BCUT2D eigenvalue weighted by atomic mass is 79.9. The predicted molar refractivity (Wildman–Crippen MR) is 84.5 cm³/mol. The molecule has 0 saturated heterocycles. The first-order chi connectivity index (χ1) is 9.91. The summed E-state index contributed by atoms with van der Waals surface area (Å²) in [6.45, 7) is 1.54. The number of benzene rings is 2. The monoisotopic (exact) mass is 347 g/mol. The average Bonchev–Trinajstić information content (AvgIpc) is 2.47. The molecule has 0 aliphatic heterocycles. The standard InChI is InChI=1S/C16H14BrNO3/c1-9(16(20)21)12-3-2-4-13(14(12)18)15(19)10-5-7-11(17)8-6-10/h2-9H,18H2,1H3,(H,20,21). The Labute approximate surface area is 130 Å². The Morgan fingerprint density at radius 2 is 1.76 bits per heavy atom. The number of hydrogen-bond acceptors (Lipinski definition) is 3. The summed E-state index contributed by atoms with van der Waals surface area (Å²) in [7, 11) is 0. The highest BCUT2D eigenvalue weighted by Gasteiger charge is 2.21. The van der Waals surface area contributed by atoms with E-state index in [-0.39, 0.29) is 11.5 Å². The minimum absolute atomic E-state index is 0.223. The number of hydrogen-bond donors (Lipinski definition) is 2. The molecule has 1 atom stereocenters. The van der Waals surface area contributed by atoms with Gasteiger partial charge in [0, 0.05) is 21.3 Å². The summed E-state index contributed by atoms with van der Waals surface area (Å²) >= 11 is 3.31. The zero-order valence-electron chi connectivity index (χ0n) is 11.3. The molecule has 2 aromatic rings. The van der Waals surface area contributed by atoms with Crippen LogP contribution < -0.4 is 5.73 Å². The second-order valence-electron chi connectivity index (χ2n) is 4.70. The van der Waals surface area contributed by atoms with E-state index in [9.17, 15) is 9.59 Å². The number of carboxylic acid groups (broad SMARTS) is 1.